The van der Waals surface area contributed by atoms with Gasteiger partial charge in [0.05, 0.1) is 0 Å². The summed E-state index contributed by atoms with van der Waals surface area (Å²) in [7, 11) is 0. The van der Waals surface area contributed by atoms with Crippen molar-refractivity contribution in [3.63, 3.8) is 0 Å². The molecule has 3 amide bonds. The van der Waals surface area contributed by atoms with Crippen LogP contribution in [-0.4, -0.2) is 30.5 Å². The van der Waals surface area contributed by atoms with Crippen molar-refractivity contribution < 1.29 is 19.1 Å². The summed E-state index contributed by atoms with van der Waals surface area (Å²) < 4.78 is 5.92. The number of rotatable bonds is 8. The van der Waals surface area contributed by atoms with Crippen LogP contribution in [0.5, 0.6) is 0 Å². The summed E-state index contributed by atoms with van der Waals surface area (Å²) >= 11 is 3.33. The van der Waals surface area contributed by atoms with Crippen LogP contribution in [0.2, 0.25) is 0 Å². The number of primary amides is 1. The van der Waals surface area contributed by atoms with Gasteiger partial charge in [-0.05, 0) is 23.3 Å². The summed E-state index contributed by atoms with van der Waals surface area (Å²) in [5.74, 6) is -1.19. The van der Waals surface area contributed by atoms with Gasteiger partial charge in [-0.25, -0.2) is 4.79 Å². The van der Waals surface area contributed by atoms with Gasteiger partial charge in [-0.3, -0.25) is 9.59 Å². The number of benzene rings is 2. The number of hydrogen-bond donors (Lipinski definition) is 3. The van der Waals surface area contributed by atoms with Gasteiger partial charge in [0.15, 0.2) is 0 Å². The van der Waals surface area contributed by atoms with E-state index >= 15 is 0 Å². The number of amides is 3. The Labute approximate surface area is 165 Å². The molecular formula is C19H20BrN3O4. The van der Waals surface area contributed by atoms with E-state index < -0.39 is 23.9 Å². The highest BCUT2D eigenvalue weighted by molar-refractivity contribution is 9.10. The third kappa shape index (κ3) is 7.49. The lowest BCUT2D eigenvalue weighted by molar-refractivity contribution is -0.126. The summed E-state index contributed by atoms with van der Waals surface area (Å²) in [5.41, 5.74) is 7.03. The molecule has 142 valence electrons. The summed E-state index contributed by atoms with van der Waals surface area (Å²) in [6, 6.07) is 15.6. The largest absolute Gasteiger partial charge is 0.445 e. The van der Waals surface area contributed by atoms with Crippen molar-refractivity contribution >= 4 is 33.8 Å². The van der Waals surface area contributed by atoms with Gasteiger partial charge in [-0.15, -0.1) is 0 Å². The molecule has 0 aliphatic carbocycles. The summed E-state index contributed by atoms with van der Waals surface area (Å²) in [4.78, 5) is 35.2. The maximum Gasteiger partial charge on any atom is 0.407 e. The van der Waals surface area contributed by atoms with E-state index in [9.17, 15) is 14.4 Å². The molecule has 7 nitrogen and oxygen atoms in total. The zero-order valence-electron chi connectivity index (χ0n) is 14.5. The normalized spacial score (nSPS) is 11.3. The Morgan fingerprint density at radius 1 is 1.00 bits per heavy atom. The van der Waals surface area contributed by atoms with Crippen molar-refractivity contribution in [2.45, 2.75) is 19.1 Å². The van der Waals surface area contributed by atoms with Crippen molar-refractivity contribution in [1.82, 2.24) is 10.6 Å². The van der Waals surface area contributed by atoms with Gasteiger partial charge in [0.2, 0.25) is 11.8 Å². The first kappa shape index (κ1) is 20.4. The molecule has 0 radical (unpaired) electrons. The molecule has 2 aromatic carbocycles. The van der Waals surface area contributed by atoms with Crippen LogP contribution in [-0.2, 0) is 27.4 Å². The first-order chi connectivity index (χ1) is 12.9. The first-order valence-corrected chi connectivity index (χ1v) is 9.01. The highest BCUT2D eigenvalue weighted by atomic mass is 79.9. The molecule has 0 aliphatic heterocycles. The molecule has 0 fully saturated rings. The quantitative estimate of drug-likeness (QED) is 0.589. The van der Waals surface area contributed by atoms with Gasteiger partial charge < -0.3 is 21.1 Å². The third-order valence-electron chi connectivity index (χ3n) is 3.64. The Morgan fingerprint density at radius 3 is 2.30 bits per heavy atom. The molecule has 0 saturated heterocycles. The van der Waals surface area contributed by atoms with Crippen molar-refractivity contribution in [3.8, 4) is 0 Å². The predicted molar refractivity (Wildman–Crippen MR) is 104 cm³/mol. The number of nitrogens with two attached hydrogens (primary N) is 1. The standard InChI is InChI=1S/C19H20BrN3O4/c20-15-8-6-13(7-9-15)10-16(18(21)25)23-17(24)11-22-19(26)27-12-14-4-2-1-3-5-14/h1-9,16H,10-12H2,(H2,21,25)(H,22,26)(H,23,24)/t16-/m0/s1. The summed E-state index contributed by atoms with van der Waals surface area (Å²) in [6.07, 6.45) is -0.468. The van der Waals surface area contributed by atoms with Crippen LogP contribution in [0.1, 0.15) is 11.1 Å². The Hall–Kier alpha value is -2.87. The molecule has 0 spiro atoms. The minimum atomic E-state index is -0.874. The fourth-order valence-corrected chi connectivity index (χ4v) is 2.52. The Bertz CT molecular complexity index is 781. The molecule has 27 heavy (non-hydrogen) atoms. The molecule has 0 aliphatic rings. The third-order valence-corrected chi connectivity index (χ3v) is 4.17. The van der Waals surface area contributed by atoms with Gasteiger partial charge in [-0.2, -0.15) is 0 Å². The predicted octanol–water partition coefficient (Wildman–Crippen LogP) is 1.89. The minimum Gasteiger partial charge on any atom is -0.445 e. The molecule has 0 aromatic heterocycles. The molecule has 8 heteroatoms. The van der Waals surface area contributed by atoms with Gasteiger partial charge in [-0.1, -0.05) is 58.4 Å². The van der Waals surface area contributed by atoms with E-state index in [2.05, 4.69) is 26.6 Å². The zero-order valence-corrected chi connectivity index (χ0v) is 16.1. The van der Waals surface area contributed by atoms with E-state index in [1.807, 2.05) is 54.6 Å². The molecular weight excluding hydrogens is 414 g/mol. The van der Waals surface area contributed by atoms with E-state index in [0.717, 1.165) is 15.6 Å². The number of carbonyl (C=O) groups is 3. The second-order valence-corrected chi connectivity index (χ2v) is 6.68. The molecule has 2 rings (SSSR count). The van der Waals surface area contributed by atoms with Crippen LogP contribution in [0.3, 0.4) is 0 Å². The van der Waals surface area contributed by atoms with Crippen molar-refractivity contribution in [2.24, 2.45) is 5.73 Å². The SMILES string of the molecule is NC(=O)[C@H](Cc1ccc(Br)cc1)NC(=O)CNC(=O)OCc1ccccc1. The average Bonchev–Trinajstić information content (AvgIpc) is 2.66. The lowest BCUT2D eigenvalue weighted by atomic mass is 10.1. The molecule has 1 atom stereocenters. The molecule has 0 unspecified atom stereocenters. The molecule has 0 saturated carbocycles. The van der Waals surface area contributed by atoms with Crippen LogP contribution in [0.25, 0.3) is 0 Å². The fourth-order valence-electron chi connectivity index (χ4n) is 2.25. The van der Waals surface area contributed by atoms with Crippen molar-refractivity contribution in [1.29, 1.82) is 0 Å². The average molecular weight is 434 g/mol. The van der Waals surface area contributed by atoms with Crippen LogP contribution in [0.4, 0.5) is 4.79 Å². The highest BCUT2D eigenvalue weighted by Crippen LogP contribution is 2.12. The lowest BCUT2D eigenvalue weighted by Crippen LogP contribution is -2.49. The topological polar surface area (TPSA) is 111 Å². The summed E-state index contributed by atoms with van der Waals surface area (Å²) in [5, 5.41) is 4.85. The second kappa shape index (κ2) is 10.3. The van der Waals surface area contributed by atoms with Gasteiger partial charge in [0.25, 0.3) is 0 Å². The maximum atomic E-state index is 12.0. The Kier molecular flexibility index (Phi) is 7.81. The van der Waals surface area contributed by atoms with Crippen LogP contribution < -0.4 is 16.4 Å². The number of nitrogens with one attached hydrogen (secondary N) is 2. The van der Waals surface area contributed by atoms with E-state index in [0.29, 0.717) is 0 Å². The van der Waals surface area contributed by atoms with E-state index in [-0.39, 0.29) is 19.6 Å². The van der Waals surface area contributed by atoms with Gasteiger partial charge in [0, 0.05) is 10.9 Å². The van der Waals surface area contributed by atoms with Crippen molar-refractivity contribution in [3.05, 3.63) is 70.2 Å². The minimum absolute atomic E-state index is 0.0990. The molecule has 2 aromatic rings. The van der Waals surface area contributed by atoms with Crippen LogP contribution in [0.15, 0.2) is 59.1 Å². The molecule has 4 N–H and O–H groups in total. The van der Waals surface area contributed by atoms with Gasteiger partial charge in [0.1, 0.15) is 19.2 Å². The number of halogens is 1. The highest BCUT2D eigenvalue weighted by Gasteiger charge is 2.19. The molecule has 0 bridgehead atoms. The van der Waals surface area contributed by atoms with E-state index in [4.69, 9.17) is 10.5 Å². The number of hydrogen-bond acceptors (Lipinski definition) is 4. The zero-order chi connectivity index (χ0) is 19.6. The second-order valence-electron chi connectivity index (χ2n) is 5.77. The van der Waals surface area contributed by atoms with Crippen LogP contribution in [0, 0.1) is 0 Å². The van der Waals surface area contributed by atoms with Gasteiger partial charge >= 0.3 is 6.09 Å². The Balaban J connectivity index is 1.77. The monoisotopic (exact) mass is 433 g/mol. The smallest absolute Gasteiger partial charge is 0.407 e. The Morgan fingerprint density at radius 2 is 1.67 bits per heavy atom. The maximum absolute atomic E-state index is 12.0. The van der Waals surface area contributed by atoms with Crippen LogP contribution >= 0.6 is 15.9 Å². The lowest BCUT2D eigenvalue weighted by Gasteiger charge is -2.16. The fraction of sp³-hybridized carbons (Fsp3) is 0.211. The summed E-state index contributed by atoms with van der Waals surface area (Å²) in [6.45, 7) is -0.223. The van der Waals surface area contributed by atoms with E-state index in [1.54, 1.807) is 0 Å². The number of ether oxygens (including phenoxy) is 1. The number of alkyl carbamates (subject to hydrolysis) is 1. The number of carbonyl (C=O) groups excluding carboxylic acids is 3. The first-order valence-electron chi connectivity index (χ1n) is 8.21. The van der Waals surface area contributed by atoms with E-state index in [1.165, 1.54) is 0 Å². The molecule has 0 heterocycles. The van der Waals surface area contributed by atoms with Crippen molar-refractivity contribution in [2.75, 3.05) is 6.54 Å².